The van der Waals surface area contributed by atoms with Crippen molar-refractivity contribution in [2.75, 3.05) is 7.11 Å². The predicted molar refractivity (Wildman–Crippen MR) is 106 cm³/mol. The van der Waals surface area contributed by atoms with Crippen molar-refractivity contribution < 1.29 is 14.1 Å². The van der Waals surface area contributed by atoms with E-state index in [2.05, 4.69) is 21.5 Å². The average molecular weight is 373 g/mol. The fourth-order valence-electron chi connectivity index (χ4n) is 2.97. The number of carbonyl (C=O) groups is 1. The number of ether oxygens (including phenoxy) is 1. The lowest BCUT2D eigenvalue weighted by Gasteiger charge is -2.08. The number of aryl methyl sites for hydroxylation is 1. The third-order valence-electron chi connectivity index (χ3n) is 4.49. The summed E-state index contributed by atoms with van der Waals surface area (Å²) in [6.07, 6.45) is 0. The Labute approximate surface area is 162 Å². The Balaban J connectivity index is 1.43. The summed E-state index contributed by atoms with van der Waals surface area (Å²) < 4.78 is 10.4. The van der Waals surface area contributed by atoms with Gasteiger partial charge in [0.2, 0.25) is 0 Å². The molecule has 4 aromatic rings. The van der Waals surface area contributed by atoms with E-state index in [1.807, 2.05) is 30.3 Å². The largest absolute Gasteiger partial charge is 0.497 e. The van der Waals surface area contributed by atoms with Gasteiger partial charge in [0.1, 0.15) is 5.75 Å². The Morgan fingerprint density at radius 1 is 1.04 bits per heavy atom. The molecule has 0 saturated carbocycles. The minimum absolute atomic E-state index is 0.136. The number of hydrogen-bond donors (Lipinski definition) is 1. The van der Waals surface area contributed by atoms with E-state index in [1.54, 1.807) is 38.3 Å². The number of amides is 1. The highest BCUT2D eigenvalue weighted by Crippen LogP contribution is 2.22. The highest BCUT2D eigenvalue weighted by Gasteiger charge is 2.09. The van der Waals surface area contributed by atoms with Crippen molar-refractivity contribution in [1.29, 1.82) is 0 Å². The first-order chi connectivity index (χ1) is 13.6. The molecular weight excluding hydrogens is 354 g/mol. The Kier molecular flexibility index (Phi) is 4.76. The van der Waals surface area contributed by atoms with Crippen molar-refractivity contribution in [3.05, 3.63) is 77.6 Å². The molecule has 140 valence electrons. The minimum Gasteiger partial charge on any atom is -0.497 e. The van der Waals surface area contributed by atoms with Crippen molar-refractivity contribution in [1.82, 2.24) is 15.5 Å². The van der Waals surface area contributed by atoms with E-state index >= 15 is 0 Å². The molecule has 0 aliphatic rings. The zero-order valence-electron chi connectivity index (χ0n) is 15.6. The maximum atomic E-state index is 12.4. The van der Waals surface area contributed by atoms with Gasteiger partial charge in [-0.1, -0.05) is 23.4 Å². The van der Waals surface area contributed by atoms with Crippen molar-refractivity contribution >= 4 is 16.7 Å². The van der Waals surface area contributed by atoms with Crippen LogP contribution in [0.5, 0.6) is 5.75 Å². The molecule has 1 heterocycles. The number of nitrogens with zero attached hydrogens (tertiary/aromatic N) is 2. The summed E-state index contributed by atoms with van der Waals surface area (Å²) in [5.74, 6) is 1.71. The summed E-state index contributed by atoms with van der Waals surface area (Å²) in [4.78, 5) is 16.6. The van der Waals surface area contributed by atoms with Gasteiger partial charge in [0, 0.05) is 17.7 Å². The first kappa shape index (κ1) is 17.7. The SMILES string of the molecule is COc1ccc2cc(CNC(=O)c3ccc(-c4nc(C)no4)cc3)ccc2c1. The zero-order valence-corrected chi connectivity index (χ0v) is 15.6. The summed E-state index contributed by atoms with van der Waals surface area (Å²) in [6, 6.07) is 19.1. The van der Waals surface area contributed by atoms with E-state index in [4.69, 9.17) is 9.26 Å². The molecule has 1 aromatic heterocycles. The van der Waals surface area contributed by atoms with E-state index in [0.29, 0.717) is 23.8 Å². The van der Waals surface area contributed by atoms with Gasteiger partial charge in [-0.05, 0) is 65.7 Å². The molecule has 1 N–H and O–H groups in total. The lowest BCUT2D eigenvalue weighted by Crippen LogP contribution is -2.22. The molecular formula is C22H19N3O3. The van der Waals surface area contributed by atoms with Gasteiger partial charge < -0.3 is 14.6 Å². The van der Waals surface area contributed by atoms with Crippen LogP contribution in [0.3, 0.4) is 0 Å². The standard InChI is InChI=1S/C22H19N3O3/c1-14-24-22(28-25-14)17-7-5-16(6-8-17)21(26)23-13-15-3-4-19-12-20(27-2)10-9-18(19)11-15/h3-12H,13H2,1-2H3,(H,23,26). The Morgan fingerprint density at radius 2 is 1.79 bits per heavy atom. The number of hydrogen-bond acceptors (Lipinski definition) is 5. The van der Waals surface area contributed by atoms with Gasteiger partial charge in [0.15, 0.2) is 5.82 Å². The van der Waals surface area contributed by atoms with Crippen molar-refractivity contribution in [2.45, 2.75) is 13.5 Å². The van der Waals surface area contributed by atoms with Crippen LogP contribution in [-0.2, 0) is 6.54 Å². The molecule has 28 heavy (non-hydrogen) atoms. The van der Waals surface area contributed by atoms with Crippen molar-refractivity contribution in [2.24, 2.45) is 0 Å². The number of carbonyl (C=O) groups excluding carboxylic acids is 1. The first-order valence-electron chi connectivity index (χ1n) is 8.88. The van der Waals surface area contributed by atoms with Gasteiger partial charge in [-0.15, -0.1) is 0 Å². The molecule has 0 atom stereocenters. The smallest absolute Gasteiger partial charge is 0.257 e. The van der Waals surface area contributed by atoms with Gasteiger partial charge in [-0.25, -0.2) is 0 Å². The quantitative estimate of drug-likeness (QED) is 0.569. The molecule has 6 nitrogen and oxygen atoms in total. The maximum absolute atomic E-state index is 12.4. The van der Waals surface area contributed by atoms with Crippen LogP contribution < -0.4 is 10.1 Å². The van der Waals surface area contributed by atoms with E-state index < -0.39 is 0 Å². The maximum Gasteiger partial charge on any atom is 0.257 e. The number of aromatic nitrogens is 2. The topological polar surface area (TPSA) is 77.2 Å². The molecule has 0 bridgehead atoms. The summed E-state index contributed by atoms with van der Waals surface area (Å²) in [5, 5.41) is 8.93. The van der Waals surface area contributed by atoms with E-state index in [0.717, 1.165) is 27.6 Å². The summed E-state index contributed by atoms with van der Waals surface area (Å²) in [6.45, 7) is 2.21. The van der Waals surface area contributed by atoms with Gasteiger partial charge in [-0.3, -0.25) is 4.79 Å². The number of methoxy groups -OCH3 is 1. The second kappa shape index (κ2) is 7.52. The molecule has 0 unspecified atom stereocenters. The van der Waals surface area contributed by atoms with Crippen molar-refractivity contribution in [3.8, 4) is 17.2 Å². The van der Waals surface area contributed by atoms with Crippen LogP contribution in [0.4, 0.5) is 0 Å². The van der Waals surface area contributed by atoms with Crippen LogP contribution in [0.2, 0.25) is 0 Å². The molecule has 0 saturated heterocycles. The Bertz CT molecular complexity index is 1130. The van der Waals surface area contributed by atoms with Gasteiger partial charge >= 0.3 is 0 Å². The molecule has 4 rings (SSSR count). The van der Waals surface area contributed by atoms with Gasteiger partial charge in [0.05, 0.1) is 7.11 Å². The predicted octanol–water partition coefficient (Wildman–Crippen LogP) is 4.14. The Hall–Kier alpha value is -3.67. The van der Waals surface area contributed by atoms with Crippen molar-refractivity contribution in [3.63, 3.8) is 0 Å². The van der Waals surface area contributed by atoms with Crippen LogP contribution in [0.25, 0.3) is 22.2 Å². The minimum atomic E-state index is -0.136. The van der Waals surface area contributed by atoms with Gasteiger partial charge in [-0.2, -0.15) is 4.98 Å². The molecule has 3 aromatic carbocycles. The zero-order chi connectivity index (χ0) is 19.5. The molecule has 0 fully saturated rings. The number of rotatable bonds is 5. The molecule has 0 radical (unpaired) electrons. The highest BCUT2D eigenvalue weighted by atomic mass is 16.5. The monoisotopic (exact) mass is 373 g/mol. The second-order valence-electron chi connectivity index (χ2n) is 6.45. The molecule has 6 heteroatoms. The summed E-state index contributed by atoms with van der Waals surface area (Å²) >= 11 is 0. The molecule has 0 spiro atoms. The second-order valence-corrected chi connectivity index (χ2v) is 6.45. The summed E-state index contributed by atoms with van der Waals surface area (Å²) in [7, 11) is 1.65. The van der Waals surface area contributed by atoms with E-state index in [-0.39, 0.29) is 5.91 Å². The molecule has 1 amide bonds. The third kappa shape index (κ3) is 3.71. The van der Waals surface area contributed by atoms with Crippen LogP contribution in [0.1, 0.15) is 21.7 Å². The van der Waals surface area contributed by atoms with Crippen LogP contribution in [0, 0.1) is 6.92 Å². The molecule has 0 aliphatic carbocycles. The van der Waals surface area contributed by atoms with Gasteiger partial charge in [0.25, 0.3) is 11.8 Å². The highest BCUT2D eigenvalue weighted by molar-refractivity contribution is 5.94. The lowest BCUT2D eigenvalue weighted by atomic mass is 10.1. The fourth-order valence-corrected chi connectivity index (χ4v) is 2.97. The number of benzene rings is 3. The van der Waals surface area contributed by atoms with E-state index in [9.17, 15) is 4.79 Å². The first-order valence-corrected chi connectivity index (χ1v) is 8.88. The van der Waals surface area contributed by atoms with Crippen LogP contribution in [-0.4, -0.2) is 23.2 Å². The molecule has 0 aliphatic heterocycles. The normalized spacial score (nSPS) is 10.8. The van der Waals surface area contributed by atoms with Crippen LogP contribution >= 0.6 is 0 Å². The summed E-state index contributed by atoms with van der Waals surface area (Å²) in [5.41, 5.74) is 2.39. The Morgan fingerprint density at radius 3 is 2.50 bits per heavy atom. The fraction of sp³-hybridized carbons (Fsp3) is 0.136. The van der Waals surface area contributed by atoms with Crippen LogP contribution in [0.15, 0.2) is 65.2 Å². The third-order valence-corrected chi connectivity index (χ3v) is 4.49. The number of nitrogens with one attached hydrogen (secondary N) is 1. The lowest BCUT2D eigenvalue weighted by molar-refractivity contribution is 0.0951. The van der Waals surface area contributed by atoms with E-state index in [1.165, 1.54) is 0 Å². The number of fused-ring (bicyclic) bond motifs is 1. The average Bonchev–Trinajstić information content (AvgIpc) is 3.18.